The lowest BCUT2D eigenvalue weighted by Crippen LogP contribution is -1.98. The molecule has 0 saturated carbocycles. The van der Waals surface area contributed by atoms with Crippen LogP contribution >= 0.6 is 0 Å². The summed E-state index contributed by atoms with van der Waals surface area (Å²) in [7, 11) is 1.33. The summed E-state index contributed by atoms with van der Waals surface area (Å²) in [4.78, 5) is 54.9. The van der Waals surface area contributed by atoms with Gasteiger partial charge in [-0.25, -0.2) is 24.0 Å². The van der Waals surface area contributed by atoms with Gasteiger partial charge in [-0.3, -0.25) is 0 Å². The average molecular weight is 318 g/mol. The highest BCUT2D eigenvalue weighted by atomic mass is 16.5. The van der Waals surface area contributed by atoms with Crippen molar-refractivity contribution in [1.29, 1.82) is 0 Å². The lowest BCUT2D eigenvalue weighted by atomic mass is 10.1. The summed E-state index contributed by atoms with van der Waals surface area (Å²) in [5.74, 6) is -0.347. The minimum Gasteiger partial charge on any atom is -0.466 e. The van der Waals surface area contributed by atoms with E-state index in [1.54, 1.807) is 6.92 Å². The molecule has 0 aliphatic rings. The topological polar surface area (TPSA) is 121 Å². The van der Waals surface area contributed by atoms with Crippen LogP contribution < -0.4 is 22.5 Å². The van der Waals surface area contributed by atoms with Crippen LogP contribution in [-0.4, -0.2) is 13.1 Å². The standard InChI is InChI=1S/C10H2O6.C5H8O2/c11-7-3-1-4-6(10(14)16-8(4)12)2-5(3)9(13)15-7;1-4(2)5(6)7-3/h1-2H;1H2,2-3H3. The molecule has 2 heterocycles. The Morgan fingerprint density at radius 1 is 0.870 bits per heavy atom. The molecule has 0 atom stereocenters. The molecule has 3 rings (SSSR count). The van der Waals surface area contributed by atoms with E-state index < -0.39 is 22.5 Å². The highest BCUT2D eigenvalue weighted by Crippen LogP contribution is 2.13. The summed E-state index contributed by atoms with van der Waals surface area (Å²) in [6, 6.07) is 2.29. The number of benzene rings is 1. The first kappa shape index (κ1) is 16.1. The third kappa shape index (κ3) is 2.86. The molecule has 3 aromatic rings. The van der Waals surface area contributed by atoms with Gasteiger partial charge < -0.3 is 13.6 Å². The van der Waals surface area contributed by atoms with Crippen LogP contribution in [0.2, 0.25) is 0 Å². The summed E-state index contributed by atoms with van der Waals surface area (Å²) in [5, 5.41) is -0.0726. The number of furan rings is 2. The van der Waals surface area contributed by atoms with Gasteiger partial charge in [0, 0.05) is 5.57 Å². The third-order valence-electron chi connectivity index (χ3n) is 2.94. The fourth-order valence-corrected chi connectivity index (χ4v) is 1.84. The van der Waals surface area contributed by atoms with Gasteiger partial charge in [0.15, 0.2) is 0 Å². The Balaban J connectivity index is 0.000000236. The predicted octanol–water partition coefficient (Wildman–Crippen LogP) is 0.231. The van der Waals surface area contributed by atoms with Crippen LogP contribution in [0.5, 0.6) is 0 Å². The van der Waals surface area contributed by atoms with Crippen LogP contribution in [0.4, 0.5) is 0 Å². The molecule has 0 aliphatic heterocycles. The number of methoxy groups -OCH3 is 1. The first-order valence-corrected chi connectivity index (χ1v) is 6.21. The van der Waals surface area contributed by atoms with E-state index in [9.17, 15) is 24.0 Å². The molecule has 0 fully saturated rings. The molecule has 8 nitrogen and oxygen atoms in total. The molecular weight excluding hydrogens is 308 g/mol. The van der Waals surface area contributed by atoms with Crippen molar-refractivity contribution < 1.29 is 18.4 Å². The lowest BCUT2D eigenvalue weighted by molar-refractivity contribution is -0.136. The zero-order valence-electron chi connectivity index (χ0n) is 12.1. The van der Waals surface area contributed by atoms with E-state index in [-0.39, 0.29) is 27.5 Å². The molecule has 0 aliphatic carbocycles. The molecule has 0 unspecified atom stereocenters. The second-order valence-electron chi connectivity index (χ2n) is 4.57. The van der Waals surface area contributed by atoms with Crippen molar-refractivity contribution in [2.24, 2.45) is 0 Å². The lowest BCUT2D eigenvalue weighted by Gasteiger charge is -1.91. The maximum absolute atomic E-state index is 11.2. The first-order chi connectivity index (χ1) is 10.8. The van der Waals surface area contributed by atoms with Crippen molar-refractivity contribution in [3.8, 4) is 0 Å². The summed E-state index contributed by atoms with van der Waals surface area (Å²) >= 11 is 0. The molecular formula is C15H10O8. The van der Waals surface area contributed by atoms with Crippen molar-refractivity contribution in [3.63, 3.8) is 0 Å². The second-order valence-corrected chi connectivity index (χ2v) is 4.57. The van der Waals surface area contributed by atoms with Crippen LogP contribution in [0.1, 0.15) is 6.92 Å². The van der Waals surface area contributed by atoms with Crippen molar-refractivity contribution in [3.05, 3.63) is 66.0 Å². The monoisotopic (exact) mass is 318 g/mol. The number of rotatable bonds is 1. The molecule has 118 valence electrons. The van der Waals surface area contributed by atoms with Crippen molar-refractivity contribution >= 4 is 27.5 Å². The Hall–Kier alpha value is -3.29. The Morgan fingerprint density at radius 2 is 1.17 bits per heavy atom. The highest BCUT2D eigenvalue weighted by molar-refractivity contribution is 5.96. The van der Waals surface area contributed by atoms with Gasteiger partial charge in [-0.15, -0.1) is 0 Å². The number of hydrogen-bond acceptors (Lipinski definition) is 8. The maximum atomic E-state index is 11.2. The van der Waals surface area contributed by atoms with Gasteiger partial charge in [0.05, 0.1) is 28.7 Å². The van der Waals surface area contributed by atoms with Crippen LogP contribution in [0.25, 0.3) is 21.5 Å². The molecule has 0 N–H and O–H groups in total. The Morgan fingerprint density at radius 3 is 1.35 bits per heavy atom. The quantitative estimate of drug-likeness (QED) is 0.462. The number of ether oxygens (including phenoxy) is 1. The van der Waals surface area contributed by atoms with Crippen LogP contribution in [0.15, 0.2) is 52.3 Å². The summed E-state index contributed by atoms with van der Waals surface area (Å²) < 4.78 is 13.0. The van der Waals surface area contributed by atoms with E-state index in [2.05, 4.69) is 20.2 Å². The third-order valence-corrected chi connectivity index (χ3v) is 2.94. The van der Waals surface area contributed by atoms with Crippen LogP contribution in [0.3, 0.4) is 0 Å². The zero-order valence-corrected chi connectivity index (χ0v) is 12.1. The first-order valence-electron chi connectivity index (χ1n) is 6.21. The summed E-state index contributed by atoms with van der Waals surface area (Å²) in [6.45, 7) is 4.95. The number of hydrogen-bond donors (Lipinski definition) is 0. The molecule has 23 heavy (non-hydrogen) atoms. The molecule has 1 aromatic carbocycles. The van der Waals surface area contributed by atoms with Crippen LogP contribution in [0, 0.1) is 0 Å². The molecule has 0 spiro atoms. The Labute approximate surface area is 126 Å². The Kier molecular flexibility index (Phi) is 4.08. The van der Waals surface area contributed by atoms with Crippen molar-refractivity contribution in [2.75, 3.05) is 7.11 Å². The molecule has 0 saturated heterocycles. The van der Waals surface area contributed by atoms with Crippen LogP contribution in [-0.2, 0) is 9.53 Å². The van der Waals surface area contributed by atoms with E-state index in [1.807, 2.05) is 0 Å². The number of esters is 1. The smallest absolute Gasteiger partial charge is 0.346 e. The number of fused-ring (bicyclic) bond motifs is 2. The number of carbonyl (C=O) groups is 1. The van der Waals surface area contributed by atoms with Crippen molar-refractivity contribution in [1.82, 2.24) is 0 Å². The van der Waals surface area contributed by atoms with Gasteiger partial charge in [-0.2, -0.15) is 0 Å². The highest BCUT2D eigenvalue weighted by Gasteiger charge is 2.15. The fraction of sp³-hybridized carbons (Fsp3) is 0.133. The molecule has 0 radical (unpaired) electrons. The van der Waals surface area contributed by atoms with Gasteiger partial charge >= 0.3 is 28.5 Å². The molecule has 8 heteroatoms. The van der Waals surface area contributed by atoms with E-state index >= 15 is 0 Å². The second kappa shape index (κ2) is 5.84. The van der Waals surface area contributed by atoms with E-state index in [0.717, 1.165) is 12.1 Å². The van der Waals surface area contributed by atoms with Crippen molar-refractivity contribution in [2.45, 2.75) is 6.92 Å². The van der Waals surface area contributed by atoms with Gasteiger partial charge in [0.25, 0.3) is 0 Å². The molecule has 0 amide bonds. The minimum absolute atomic E-state index is 0.0181. The SMILES string of the molecule is C=C(C)C(=O)OC.O=c1oc(=O)c2cc3c(=O)oc(=O)c3cc12. The summed E-state index contributed by atoms with van der Waals surface area (Å²) in [5.41, 5.74) is -2.86. The summed E-state index contributed by atoms with van der Waals surface area (Å²) in [6.07, 6.45) is 0. The van der Waals surface area contributed by atoms with Gasteiger partial charge in [-0.1, -0.05) is 6.58 Å². The predicted molar refractivity (Wildman–Crippen MR) is 80.3 cm³/mol. The average Bonchev–Trinajstić information content (AvgIpc) is 2.95. The molecule has 2 aromatic heterocycles. The largest absolute Gasteiger partial charge is 0.466 e. The minimum atomic E-state index is -0.824. The molecule has 0 bridgehead atoms. The zero-order chi connectivity index (χ0) is 17.3. The normalized spacial score (nSPS) is 10.3. The maximum Gasteiger partial charge on any atom is 0.346 e. The van der Waals surface area contributed by atoms with Gasteiger partial charge in [0.2, 0.25) is 0 Å². The van der Waals surface area contributed by atoms with Gasteiger partial charge in [-0.05, 0) is 19.1 Å². The van der Waals surface area contributed by atoms with E-state index in [1.165, 1.54) is 7.11 Å². The van der Waals surface area contributed by atoms with E-state index in [4.69, 9.17) is 0 Å². The van der Waals surface area contributed by atoms with Gasteiger partial charge in [0.1, 0.15) is 0 Å². The fourth-order valence-electron chi connectivity index (χ4n) is 1.84. The van der Waals surface area contributed by atoms with E-state index in [0.29, 0.717) is 5.57 Å². The number of carbonyl (C=O) groups excluding carboxylic acids is 1. The Bertz CT molecular complexity index is 972.